The van der Waals surface area contributed by atoms with Crippen molar-refractivity contribution in [3.63, 3.8) is 0 Å². The Morgan fingerprint density at radius 1 is 1.22 bits per heavy atom. The molecule has 2 atom stereocenters. The van der Waals surface area contributed by atoms with Crippen molar-refractivity contribution in [1.29, 1.82) is 0 Å². The van der Waals surface area contributed by atoms with E-state index in [0.717, 1.165) is 18.2 Å². The predicted molar refractivity (Wildman–Crippen MR) is 105 cm³/mol. The van der Waals surface area contributed by atoms with Crippen LogP contribution in [-0.2, 0) is 9.59 Å². The van der Waals surface area contributed by atoms with Gasteiger partial charge in [-0.05, 0) is 49.0 Å². The Morgan fingerprint density at radius 2 is 1.96 bits per heavy atom. The maximum absolute atomic E-state index is 12.8. The van der Waals surface area contributed by atoms with Crippen molar-refractivity contribution in [1.82, 2.24) is 9.88 Å². The zero-order chi connectivity index (χ0) is 19.4. The van der Waals surface area contributed by atoms with E-state index < -0.39 is 5.97 Å². The number of benzene rings is 1. The van der Waals surface area contributed by atoms with Gasteiger partial charge in [-0.3, -0.25) is 9.78 Å². The molecule has 1 fully saturated rings. The number of anilines is 1. The van der Waals surface area contributed by atoms with Crippen LogP contribution in [0.1, 0.15) is 17.2 Å². The van der Waals surface area contributed by atoms with Crippen molar-refractivity contribution in [2.75, 3.05) is 25.5 Å². The van der Waals surface area contributed by atoms with Crippen molar-refractivity contribution < 1.29 is 14.7 Å². The van der Waals surface area contributed by atoms with Gasteiger partial charge in [0.1, 0.15) is 0 Å². The number of amides is 1. The van der Waals surface area contributed by atoms with E-state index in [0.29, 0.717) is 22.9 Å². The minimum Gasteiger partial charge on any atom is -0.478 e. The van der Waals surface area contributed by atoms with Gasteiger partial charge >= 0.3 is 5.97 Å². The predicted octanol–water partition coefficient (Wildman–Crippen LogP) is 3.12. The highest BCUT2D eigenvalue weighted by Gasteiger charge is 2.37. The quantitative estimate of drug-likeness (QED) is 0.773. The summed E-state index contributed by atoms with van der Waals surface area (Å²) in [6.45, 7) is 1.41. The van der Waals surface area contributed by atoms with Gasteiger partial charge in [0.15, 0.2) is 0 Å². The van der Waals surface area contributed by atoms with Gasteiger partial charge in [-0.2, -0.15) is 0 Å². The SMILES string of the molecule is CN1C[C@H](C(=O)Nc2ccc(Cl)cc2)[C@@H](c2ccc(/C=C/C(=O)O)nc2)C1. The van der Waals surface area contributed by atoms with E-state index >= 15 is 0 Å². The molecule has 2 N–H and O–H groups in total. The average Bonchev–Trinajstić information content (AvgIpc) is 3.04. The number of halogens is 1. The zero-order valence-electron chi connectivity index (χ0n) is 14.8. The zero-order valence-corrected chi connectivity index (χ0v) is 15.6. The third-order valence-corrected chi connectivity index (χ3v) is 4.84. The molecule has 0 spiro atoms. The van der Waals surface area contributed by atoms with Gasteiger partial charge < -0.3 is 15.3 Å². The number of rotatable bonds is 5. The van der Waals surface area contributed by atoms with Crippen molar-refractivity contribution in [3.05, 3.63) is 65.0 Å². The molecular formula is C20H20ClN3O3. The first-order valence-corrected chi connectivity index (χ1v) is 8.92. The van der Waals surface area contributed by atoms with Crippen LogP contribution in [0.25, 0.3) is 6.08 Å². The lowest BCUT2D eigenvalue weighted by atomic mass is 9.89. The fourth-order valence-electron chi connectivity index (χ4n) is 3.26. The molecule has 140 valence electrons. The number of carboxylic acids is 1. The maximum atomic E-state index is 12.8. The Hall–Kier alpha value is -2.70. The molecule has 1 amide bonds. The van der Waals surface area contributed by atoms with Gasteiger partial charge in [-0.25, -0.2) is 4.79 Å². The third-order valence-electron chi connectivity index (χ3n) is 4.59. The monoisotopic (exact) mass is 385 g/mol. The fraction of sp³-hybridized carbons (Fsp3) is 0.250. The van der Waals surface area contributed by atoms with Crippen molar-refractivity contribution in [3.8, 4) is 0 Å². The van der Waals surface area contributed by atoms with E-state index in [-0.39, 0.29) is 17.7 Å². The number of carboxylic acid groups (broad SMARTS) is 1. The summed E-state index contributed by atoms with van der Waals surface area (Å²) in [5, 5.41) is 12.3. The largest absolute Gasteiger partial charge is 0.478 e. The van der Waals surface area contributed by atoms with Crippen molar-refractivity contribution in [2.45, 2.75) is 5.92 Å². The minimum atomic E-state index is -1.02. The van der Waals surface area contributed by atoms with E-state index in [1.807, 2.05) is 13.1 Å². The molecule has 0 saturated carbocycles. The molecule has 7 heteroatoms. The van der Waals surface area contributed by atoms with Crippen LogP contribution in [0.2, 0.25) is 5.02 Å². The summed E-state index contributed by atoms with van der Waals surface area (Å²) in [4.78, 5) is 29.8. The lowest BCUT2D eigenvalue weighted by Crippen LogP contribution is -2.28. The summed E-state index contributed by atoms with van der Waals surface area (Å²) < 4.78 is 0. The number of hydrogen-bond acceptors (Lipinski definition) is 4. The van der Waals surface area contributed by atoms with Gasteiger partial charge in [0, 0.05) is 42.0 Å². The summed E-state index contributed by atoms with van der Waals surface area (Å²) >= 11 is 5.89. The molecule has 2 heterocycles. The van der Waals surface area contributed by atoms with Crippen LogP contribution in [0.5, 0.6) is 0 Å². The molecule has 1 aromatic heterocycles. The van der Waals surface area contributed by atoms with Crippen LogP contribution in [-0.4, -0.2) is 47.0 Å². The summed E-state index contributed by atoms with van der Waals surface area (Å²) in [7, 11) is 1.99. The number of pyridine rings is 1. The van der Waals surface area contributed by atoms with Gasteiger partial charge in [0.05, 0.1) is 11.6 Å². The first-order chi connectivity index (χ1) is 12.9. The number of carbonyl (C=O) groups excluding carboxylic acids is 1. The molecule has 6 nitrogen and oxygen atoms in total. The molecule has 0 aliphatic carbocycles. The summed E-state index contributed by atoms with van der Waals surface area (Å²) in [6, 6.07) is 10.7. The molecule has 1 aliphatic heterocycles. The van der Waals surface area contributed by atoms with Crippen LogP contribution in [0.3, 0.4) is 0 Å². The molecule has 1 saturated heterocycles. The number of likely N-dealkylation sites (tertiary alicyclic amines) is 1. The second-order valence-electron chi connectivity index (χ2n) is 6.62. The van der Waals surface area contributed by atoms with Crippen LogP contribution in [0.15, 0.2) is 48.7 Å². The number of aliphatic carboxylic acids is 1. The minimum absolute atomic E-state index is 0.0207. The molecule has 0 unspecified atom stereocenters. The summed E-state index contributed by atoms with van der Waals surface area (Å²) in [5.41, 5.74) is 2.24. The molecular weight excluding hydrogens is 366 g/mol. The second-order valence-corrected chi connectivity index (χ2v) is 7.05. The first-order valence-electron chi connectivity index (χ1n) is 8.54. The normalized spacial score (nSPS) is 20.1. The topological polar surface area (TPSA) is 82.5 Å². The molecule has 27 heavy (non-hydrogen) atoms. The molecule has 0 bridgehead atoms. The van der Waals surface area contributed by atoms with Crippen molar-refractivity contribution in [2.24, 2.45) is 5.92 Å². The van der Waals surface area contributed by atoms with Crippen LogP contribution in [0.4, 0.5) is 5.69 Å². The number of carbonyl (C=O) groups is 2. The second kappa shape index (κ2) is 8.33. The molecule has 3 rings (SSSR count). The van der Waals surface area contributed by atoms with Crippen LogP contribution in [0, 0.1) is 5.92 Å². The van der Waals surface area contributed by atoms with E-state index in [2.05, 4.69) is 15.2 Å². The number of nitrogens with one attached hydrogen (secondary N) is 1. The van der Waals surface area contributed by atoms with Gasteiger partial charge in [0.25, 0.3) is 0 Å². The van der Waals surface area contributed by atoms with Gasteiger partial charge in [-0.1, -0.05) is 17.7 Å². The highest BCUT2D eigenvalue weighted by molar-refractivity contribution is 6.30. The maximum Gasteiger partial charge on any atom is 0.328 e. The first kappa shape index (κ1) is 19.1. The molecule has 1 aliphatic rings. The Bertz CT molecular complexity index is 850. The van der Waals surface area contributed by atoms with Crippen LogP contribution < -0.4 is 5.32 Å². The molecule has 1 aromatic carbocycles. The highest BCUT2D eigenvalue weighted by atomic mass is 35.5. The molecule has 2 aromatic rings. The number of likely N-dealkylation sites (N-methyl/N-ethyl adjacent to an activating group) is 1. The highest BCUT2D eigenvalue weighted by Crippen LogP contribution is 2.32. The van der Waals surface area contributed by atoms with Gasteiger partial charge in [-0.15, -0.1) is 0 Å². The Morgan fingerprint density at radius 3 is 2.59 bits per heavy atom. The number of aromatic nitrogens is 1. The summed E-state index contributed by atoms with van der Waals surface area (Å²) in [5.74, 6) is -1.24. The molecule has 0 radical (unpaired) electrons. The third kappa shape index (κ3) is 4.93. The average molecular weight is 386 g/mol. The smallest absolute Gasteiger partial charge is 0.328 e. The summed E-state index contributed by atoms with van der Waals surface area (Å²) in [6.07, 6.45) is 4.21. The van der Waals surface area contributed by atoms with E-state index in [4.69, 9.17) is 16.7 Å². The van der Waals surface area contributed by atoms with Gasteiger partial charge in [0.2, 0.25) is 5.91 Å². The standard InChI is InChI=1S/C20H20ClN3O3/c1-24-11-17(13-2-5-15(22-10-13)8-9-19(25)26)18(12-24)20(27)23-16-6-3-14(21)4-7-16/h2-10,17-18H,11-12H2,1H3,(H,23,27)(H,25,26)/b9-8+/t17-,18+/m1/s1. The lowest BCUT2D eigenvalue weighted by molar-refractivity contribution is -0.131. The Balaban J connectivity index is 1.74. The van der Waals surface area contributed by atoms with E-state index in [1.54, 1.807) is 36.5 Å². The number of nitrogens with zero attached hydrogens (tertiary/aromatic N) is 2. The lowest BCUT2D eigenvalue weighted by Gasteiger charge is -2.18. The van der Waals surface area contributed by atoms with Crippen molar-refractivity contribution >= 4 is 35.2 Å². The Kier molecular flexibility index (Phi) is 5.88. The van der Waals surface area contributed by atoms with E-state index in [1.165, 1.54) is 6.08 Å². The van der Waals surface area contributed by atoms with E-state index in [9.17, 15) is 9.59 Å². The van der Waals surface area contributed by atoms with Crippen LogP contribution >= 0.6 is 11.6 Å². The Labute approximate surface area is 162 Å². The number of hydrogen-bond donors (Lipinski definition) is 2. The fourth-order valence-corrected chi connectivity index (χ4v) is 3.39.